The molecule has 1 nitrogen and oxygen atoms in total. The van der Waals surface area contributed by atoms with Crippen molar-refractivity contribution in [2.24, 2.45) is 0 Å². The zero-order chi connectivity index (χ0) is 9.14. The third-order valence-corrected chi connectivity index (χ3v) is 2.66. The predicted octanol–water partition coefficient (Wildman–Crippen LogP) is 3.23. The SMILES string of the molecule is CN[C@H](C)c1cc(Cl)cc(I)c1. The zero-order valence-electron chi connectivity index (χ0n) is 7.07. The fraction of sp³-hybridized carbons (Fsp3) is 0.333. The highest BCUT2D eigenvalue weighted by molar-refractivity contribution is 14.1. The van der Waals surface area contributed by atoms with Crippen molar-refractivity contribution < 1.29 is 0 Å². The average molecular weight is 296 g/mol. The van der Waals surface area contributed by atoms with E-state index in [1.807, 2.05) is 19.2 Å². The lowest BCUT2D eigenvalue weighted by Gasteiger charge is -2.10. The van der Waals surface area contributed by atoms with Gasteiger partial charge in [0.1, 0.15) is 0 Å². The second-order valence-electron chi connectivity index (χ2n) is 2.71. The third-order valence-electron chi connectivity index (χ3n) is 1.82. The van der Waals surface area contributed by atoms with E-state index < -0.39 is 0 Å². The Labute approximate surface area is 91.6 Å². The van der Waals surface area contributed by atoms with E-state index in [9.17, 15) is 0 Å². The Hall–Kier alpha value is 0.200. The van der Waals surface area contributed by atoms with Crippen molar-refractivity contribution in [1.29, 1.82) is 0 Å². The summed E-state index contributed by atoms with van der Waals surface area (Å²) in [5.74, 6) is 0. The van der Waals surface area contributed by atoms with E-state index in [1.54, 1.807) is 0 Å². The van der Waals surface area contributed by atoms with Crippen LogP contribution in [0.3, 0.4) is 0 Å². The highest BCUT2D eigenvalue weighted by Gasteiger charge is 2.03. The summed E-state index contributed by atoms with van der Waals surface area (Å²) in [6, 6.07) is 6.43. The van der Waals surface area contributed by atoms with Gasteiger partial charge in [-0.2, -0.15) is 0 Å². The van der Waals surface area contributed by atoms with Crippen LogP contribution in [0.4, 0.5) is 0 Å². The molecule has 3 heteroatoms. The monoisotopic (exact) mass is 295 g/mol. The van der Waals surface area contributed by atoms with Gasteiger partial charge >= 0.3 is 0 Å². The molecule has 1 aromatic rings. The van der Waals surface area contributed by atoms with Crippen molar-refractivity contribution >= 4 is 34.2 Å². The molecule has 0 aliphatic heterocycles. The number of rotatable bonds is 2. The summed E-state index contributed by atoms with van der Waals surface area (Å²) in [5, 5.41) is 3.98. The molecule has 0 aromatic heterocycles. The van der Waals surface area contributed by atoms with E-state index in [0.29, 0.717) is 6.04 Å². The van der Waals surface area contributed by atoms with E-state index in [1.165, 1.54) is 9.13 Å². The van der Waals surface area contributed by atoms with E-state index in [-0.39, 0.29) is 0 Å². The normalized spacial score (nSPS) is 13.0. The first-order valence-electron chi connectivity index (χ1n) is 3.76. The van der Waals surface area contributed by atoms with Crippen LogP contribution in [0.25, 0.3) is 0 Å². The van der Waals surface area contributed by atoms with E-state index in [0.717, 1.165) is 5.02 Å². The van der Waals surface area contributed by atoms with Gasteiger partial charge in [-0.3, -0.25) is 0 Å². The highest BCUT2D eigenvalue weighted by Crippen LogP contribution is 2.20. The van der Waals surface area contributed by atoms with Crippen molar-refractivity contribution in [3.63, 3.8) is 0 Å². The molecule has 0 unspecified atom stereocenters. The van der Waals surface area contributed by atoms with Crippen molar-refractivity contribution in [2.75, 3.05) is 7.05 Å². The second kappa shape index (κ2) is 4.44. The lowest BCUT2D eigenvalue weighted by atomic mass is 10.1. The Morgan fingerprint density at radius 1 is 1.42 bits per heavy atom. The van der Waals surface area contributed by atoms with Crippen LogP contribution in [-0.2, 0) is 0 Å². The molecule has 1 atom stereocenters. The summed E-state index contributed by atoms with van der Waals surface area (Å²) < 4.78 is 1.18. The van der Waals surface area contributed by atoms with Gasteiger partial charge in [-0.05, 0) is 60.3 Å². The molecule has 0 bridgehead atoms. The van der Waals surface area contributed by atoms with Crippen LogP contribution >= 0.6 is 34.2 Å². The van der Waals surface area contributed by atoms with Crippen LogP contribution in [0.2, 0.25) is 5.02 Å². The van der Waals surface area contributed by atoms with Crippen LogP contribution in [0.5, 0.6) is 0 Å². The van der Waals surface area contributed by atoms with Gasteiger partial charge in [-0.1, -0.05) is 11.6 Å². The van der Waals surface area contributed by atoms with Gasteiger partial charge in [0.25, 0.3) is 0 Å². The van der Waals surface area contributed by atoms with Gasteiger partial charge < -0.3 is 5.32 Å². The smallest absolute Gasteiger partial charge is 0.0419 e. The molecule has 0 radical (unpaired) electrons. The molecule has 0 saturated carbocycles. The summed E-state index contributed by atoms with van der Waals surface area (Å²) in [5.41, 5.74) is 1.23. The highest BCUT2D eigenvalue weighted by atomic mass is 127. The van der Waals surface area contributed by atoms with Crippen LogP contribution in [0.15, 0.2) is 18.2 Å². The standard InChI is InChI=1S/C9H11ClIN/c1-6(12-2)7-3-8(10)5-9(11)4-7/h3-6,12H,1-2H3/t6-/m1/s1. The minimum Gasteiger partial charge on any atom is -0.313 e. The van der Waals surface area contributed by atoms with E-state index in [4.69, 9.17) is 11.6 Å². The summed E-state index contributed by atoms with van der Waals surface area (Å²) in [6.07, 6.45) is 0. The molecule has 12 heavy (non-hydrogen) atoms. The van der Waals surface area contributed by atoms with E-state index in [2.05, 4.69) is 40.9 Å². The maximum atomic E-state index is 5.92. The van der Waals surface area contributed by atoms with Crippen molar-refractivity contribution in [2.45, 2.75) is 13.0 Å². The number of nitrogens with one attached hydrogen (secondary N) is 1. The van der Waals surface area contributed by atoms with Crippen LogP contribution in [0.1, 0.15) is 18.5 Å². The largest absolute Gasteiger partial charge is 0.313 e. The average Bonchev–Trinajstić information content (AvgIpc) is 2.01. The van der Waals surface area contributed by atoms with E-state index >= 15 is 0 Å². The molecule has 0 aliphatic rings. The van der Waals surface area contributed by atoms with Gasteiger partial charge in [0.15, 0.2) is 0 Å². The molecule has 1 rings (SSSR count). The van der Waals surface area contributed by atoms with Crippen LogP contribution < -0.4 is 5.32 Å². The summed E-state index contributed by atoms with van der Waals surface area (Å²) in [7, 11) is 1.94. The Morgan fingerprint density at radius 3 is 2.58 bits per heavy atom. The van der Waals surface area contributed by atoms with Gasteiger partial charge in [0, 0.05) is 14.6 Å². The third kappa shape index (κ3) is 2.61. The van der Waals surface area contributed by atoms with Gasteiger partial charge in [-0.25, -0.2) is 0 Å². The Kier molecular flexibility index (Phi) is 3.80. The maximum Gasteiger partial charge on any atom is 0.0419 e. The zero-order valence-corrected chi connectivity index (χ0v) is 9.98. The molecule has 0 spiro atoms. The summed E-state index contributed by atoms with van der Waals surface area (Å²) in [6.45, 7) is 2.11. The first-order valence-corrected chi connectivity index (χ1v) is 5.22. The number of benzene rings is 1. The molecule has 66 valence electrons. The van der Waals surface area contributed by atoms with Crippen molar-refractivity contribution in [3.8, 4) is 0 Å². The van der Waals surface area contributed by atoms with Crippen LogP contribution in [-0.4, -0.2) is 7.05 Å². The molecular formula is C9H11ClIN. The quantitative estimate of drug-likeness (QED) is 0.826. The number of hydrogen-bond donors (Lipinski definition) is 1. The first kappa shape index (κ1) is 10.3. The molecule has 0 amide bonds. The first-order chi connectivity index (χ1) is 5.63. The maximum absolute atomic E-state index is 5.92. The summed E-state index contributed by atoms with van der Waals surface area (Å²) in [4.78, 5) is 0. The molecule has 1 N–H and O–H groups in total. The molecule has 0 fully saturated rings. The lowest BCUT2D eigenvalue weighted by molar-refractivity contribution is 0.652. The Morgan fingerprint density at radius 2 is 2.08 bits per heavy atom. The minimum absolute atomic E-state index is 0.359. The fourth-order valence-corrected chi connectivity index (χ4v) is 2.11. The molecule has 0 heterocycles. The van der Waals surface area contributed by atoms with Gasteiger partial charge in [0.05, 0.1) is 0 Å². The summed E-state index contributed by atoms with van der Waals surface area (Å²) >= 11 is 8.19. The topological polar surface area (TPSA) is 12.0 Å². The van der Waals surface area contributed by atoms with Gasteiger partial charge in [0.2, 0.25) is 0 Å². The van der Waals surface area contributed by atoms with Crippen molar-refractivity contribution in [1.82, 2.24) is 5.32 Å². The van der Waals surface area contributed by atoms with Crippen LogP contribution in [0, 0.1) is 3.57 Å². The number of halogens is 2. The number of hydrogen-bond acceptors (Lipinski definition) is 1. The van der Waals surface area contributed by atoms with Gasteiger partial charge in [-0.15, -0.1) is 0 Å². The minimum atomic E-state index is 0.359. The molecule has 0 saturated heterocycles. The fourth-order valence-electron chi connectivity index (χ4n) is 0.992. The predicted molar refractivity (Wildman–Crippen MR) is 61.6 cm³/mol. The lowest BCUT2D eigenvalue weighted by Crippen LogP contribution is -2.12. The molecular weight excluding hydrogens is 284 g/mol. The Bertz CT molecular complexity index is 255. The van der Waals surface area contributed by atoms with Crippen molar-refractivity contribution in [3.05, 3.63) is 32.4 Å². The molecule has 1 aromatic carbocycles. The molecule has 0 aliphatic carbocycles. The second-order valence-corrected chi connectivity index (χ2v) is 4.40. The Balaban J connectivity index is 3.00.